The van der Waals surface area contributed by atoms with E-state index >= 15 is 0 Å². The second kappa shape index (κ2) is 8.91. The molecule has 5 nitrogen and oxygen atoms in total. The van der Waals surface area contributed by atoms with Gasteiger partial charge in [0, 0.05) is 35.2 Å². The van der Waals surface area contributed by atoms with Gasteiger partial charge in [-0.05, 0) is 45.4 Å². The van der Waals surface area contributed by atoms with E-state index in [4.69, 9.17) is 0 Å². The zero-order valence-electron chi connectivity index (χ0n) is 16.5. The minimum Gasteiger partial charge on any atom is -0.320 e. The first-order valence-electron chi connectivity index (χ1n) is 8.82. The van der Waals surface area contributed by atoms with Gasteiger partial charge in [0.2, 0.25) is 0 Å². The molecule has 2 aromatic rings. The van der Waals surface area contributed by atoms with Crippen LogP contribution in [0.1, 0.15) is 31.9 Å². The van der Waals surface area contributed by atoms with E-state index in [0.717, 1.165) is 29.1 Å². The number of aryl methyl sites for hydroxylation is 1. The summed E-state index contributed by atoms with van der Waals surface area (Å²) in [5, 5.41) is 11.7. The summed E-state index contributed by atoms with van der Waals surface area (Å²) >= 11 is 0. The molecule has 1 aliphatic rings. The van der Waals surface area contributed by atoms with Gasteiger partial charge in [-0.3, -0.25) is 5.10 Å². The van der Waals surface area contributed by atoms with Crippen molar-refractivity contribution in [1.82, 2.24) is 15.6 Å². The van der Waals surface area contributed by atoms with E-state index in [1.807, 2.05) is 26.2 Å². The Hall–Kier alpha value is -3.26. The van der Waals surface area contributed by atoms with Crippen molar-refractivity contribution in [3.8, 4) is 24.1 Å². The summed E-state index contributed by atoms with van der Waals surface area (Å²) in [6.45, 7) is 13.0. The highest BCUT2D eigenvalue weighted by Gasteiger charge is 2.24. The van der Waals surface area contributed by atoms with Crippen LogP contribution in [0.3, 0.4) is 0 Å². The molecule has 1 aromatic carbocycles. The molecule has 0 unspecified atom stereocenters. The zero-order valence-corrected chi connectivity index (χ0v) is 16.5. The number of hydrazone groups is 1. The first-order chi connectivity index (χ1) is 13.0. The second-order valence-corrected chi connectivity index (χ2v) is 6.64. The van der Waals surface area contributed by atoms with Crippen LogP contribution in [0.2, 0.25) is 0 Å². The van der Waals surface area contributed by atoms with Gasteiger partial charge in [-0.1, -0.05) is 18.2 Å². The molecule has 0 spiro atoms. The molecule has 1 aliphatic heterocycles. The Balaban J connectivity index is 0.00000126. The number of anilines is 1. The van der Waals surface area contributed by atoms with Crippen molar-refractivity contribution in [2.75, 3.05) is 11.4 Å². The SMILES string of the molecule is C#C.C=CN1/C(=C(\C)CNN=C(C)C)Cc2cn[nH]c2-c2cc(C)ccc21. The highest BCUT2D eigenvalue weighted by molar-refractivity contribution is 5.83. The maximum absolute atomic E-state index is 4.29. The predicted octanol–water partition coefficient (Wildman–Crippen LogP) is 4.40. The number of nitrogens with one attached hydrogen (secondary N) is 2. The fourth-order valence-corrected chi connectivity index (χ4v) is 3.13. The lowest BCUT2D eigenvalue weighted by Crippen LogP contribution is -2.21. The molecule has 0 aliphatic carbocycles. The van der Waals surface area contributed by atoms with Crippen molar-refractivity contribution in [3.05, 3.63) is 59.6 Å². The molecule has 5 heteroatoms. The van der Waals surface area contributed by atoms with Gasteiger partial charge < -0.3 is 10.3 Å². The summed E-state index contributed by atoms with van der Waals surface area (Å²) in [6.07, 6.45) is 12.6. The van der Waals surface area contributed by atoms with Crippen LogP contribution < -0.4 is 10.3 Å². The van der Waals surface area contributed by atoms with Crippen molar-refractivity contribution in [2.45, 2.75) is 34.1 Å². The van der Waals surface area contributed by atoms with Crippen LogP contribution in [0.25, 0.3) is 11.3 Å². The number of aromatic nitrogens is 2. The largest absolute Gasteiger partial charge is 0.320 e. The van der Waals surface area contributed by atoms with E-state index in [1.165, 1.54) is 22.4 Å². The summed E-state index contributed by atoms with van der Waals surface area (Å²) in [5.74, 6) is 0. The molecule has 0 radical (unpaired) electrons. The Kier molecular flexibility index (Phi) is 6.62. The van der Waals surface area contributed by atoms with Crippen LogP contribution in [0.5, 0.6) is 0 Å². The monoisotopic (exact) mass is 361 g/mol. The van der Waals surface area contributed by atoms with Gasteiger partial charge in [-0.2, -0.15) is 10.2 Å². The lowest BCUT2D eigenvalue weighted by atomic mass is 10.0. The van der Waals surface area contributed by atoms with E-state index in [-0.39, 0.29) is 0 Å². The maximum Gasteiger partial charge on any atom is 0.0707 e. The Morgan fingerprint density at radius 1 is 1.37 bits per heavy atom. The molecule has 3 rings (SSSR count). The first kappa shape index (κ1) is 20.1. The zero-order chi connectivity index (χ0) is 20.0. The number of aromatic amines is 1. The van der Waals surface area contributed by atoms with Crippen molar-refractivity contribution >= 4 is 11.4 Å². The smallest absolute Gasteiger partial charge is 0.0707 e. The average Bonchev–Trinajstić information content (AvgIpc) is 3.07. The molecule has 27 heavy (non-hydrogen) atoms. The third kappa shape index (κ3) is 4.29. The molecule has 2 N–H and O–H groups in total. The summed E-state index contributed by atoms with van der Waals surface area (Å²) in [4.78, 5) is 2.18. The number of H-pyrrole nitrogens is 1. The van der Waals surface area contributed by atoms with E-state index in [9.17, 15) is 0 Å². The third-order valence-electron chi connectivity index (χ3n) is 4.37. The van der Waals surface area contributed by atoms with Crippen LogP contribution in [0.4, 0.5) is 5.69 Å². The van der Waals surface area contributed by atoms with Crippen LogP contribution in [0.15, 0.2) is 53.5 Å². The van der Waals surface area contributed by atoms with Crippen molar-refractivity contribution in [3.63, 3.8) is 0 Å². The minimum absolute atomic E-state index is 0.694. The fraction of sp³-hybridized carbons (Fsp3) is 0.273. The van der Waals surface area contributed by atoms with Gasteiger partial charge in [0.05, 0.1) is 24.1 Å². The lowest BCUT2D eigenvalue weighted by Gasteiger charge is -2.25. The molecule has 0 bridgehead atoms. The lowest BCUT2D eigenvalue weighted by molar-refractivity contribution is 0.782. The van der Waals surface area contributed by atoms with E-state index in [1.54, 1.807) is 0 Å². The number of terminal acetylenes is 1. The predicted molar refractivity (Wildman–Crippen MR) is 115 cm³/mol. The molecule has 1 aromatic heterocycles. The summed E-state index contributed by atoms with van der Waals surface area (Å²) in [7, 11) is 0. The van der Waals surface area contributed by atoms with Gasteiger partial charge in [0.25, 0.3) is 0 Å². The van der Waals surface area contributed by atoms with Gasteiger partial charge in [-0.25, -0.2) is 0 Å². The summed E-state index contributed by atoms with van der Waals surface area (Å²) < 4.78 is 0. The van der Waals surface area contributed by atoms with Crippen molar-refractivity contribution in [2.24, 2.45) is 5.10 Å². The minimum atomic E-state index is 0.694. The van der Waals surface area contributed by atoms with Crippen LogP contribution in [0, 0.1) is 19.8 Å². The number of fused-ring (bicyclic) bond motifs is 3. The highest BCUT2D eigenvalue weighted by atomic mass is 15.3. The number of rotatable bonds is 4. The van der Waals surface area contributed by atoms with Crippen LogP contribution in [-0.4, -0.2) is 22.5 Å². The van der Waals surface area contributed by atoms with E-state index in [0.29, 0.717) is 6.54 Å². The van der Waals surface area contributed by atoms with Gasteiger partial charge >= 0.3 is 0 Å². The second-order valence-electron chi connectivity index (χ2n) is 6.64. The topological polar surface area (TPSA) is 56.3 Å². The number of hydrogen-bond donors (Lipinski definition) is 2. The molecule has 140 valence electrons. The normalized spacial score (nSPS) is 13.9. The Labute approximate surface area is 161 Å². The number of hydrogen-bond acceptors (Lipinski definition) is 4. The Bertz CT molecular complexity index is 894. The van der Waals surface area contributed by atoms with Gasteiger partial charge in [0.15, 0.2) is 0 Å². The fourth-order valence-electron chi connectivity index (χ4n) is 3.13. The highest BCUT2D eigenvalue weighted by Crippen LogP contribution is 2.39. The standard InChI is InChI=1S/C20H25N5.C2H2/c1-6-25-18-8-7-14(4)9-17(18)20-16(12-22-24-20)10-19(25)15(5)11-21-23-13(2)3;1-2/h6-9,12,21H,1,10-11H2,2-5H3,(H,22,24);1-2H/b19-15+;. The van der Waals surface area contributed by atoms with E-state index in [2.05, 4.69) is 77.1 Å². The Morgan fingerprint density at radius 3 is 2.78 bits per heavy atom. The quantitative estimate of drug-likeness (QED) is 0.482. The van der Waals surface area contributed by atoms with Crippen molar-refractivity contribution < 1.29 is 0 Å². The molecule has 0 amide bonds. The van der Waals surface area contributed by atoms with E-state index < -0.39 is 0 Å². The molecule has 0 saturated heterocycles. The molecule has 0 atom stereocenters. The summed E-state index contributed by atoms with van der Waals surface area (Å²) in [6, 6.07) is 6.48. The van der Waals surface area contributed by atoms with Crippen LogP contribution >= 0.6 is 0 Å². The first-order valence-corrected chi connectivity index (χ1v) is 8.82. The molecule has 0 fully saturated rings. The number of nitrogens with zero attached hydrogens (tertiary/aromatic N) is 3. The number of benzene rings is 1. The number of allylic oxidation sites excluding steroid dienone is 1. The maximum atomic E-state index is 4.29. The molecular weight excluding hydrogens is 334 g/mol. The molecule has 2 heterocycles. The van der Waals surface area contributed by atoms with Crippen LogP contribution in [-0.2, 0) is 6.42 Å². The third-order valence-corrected chi connectivity index (χ3v) is 4.37. The van der Waals surface area contributed by atoms with Gasteiger partial charge in [0.1, 0.15) is 0 Å². The molecule has 0 saturated carbocycles. The molecular formula is C22H27N5. The Morgan fingerprint density at radius 2 is 2.11 bits per heavy atom. The van der Waals surface area contributed by atoms with Gasteiger partial charge in [-0.15, -0.1) is 12.8 Å². The average molecular weight is 361 g/mol. The summed E-state index contributed by atoms with van der Waals surface area (Å²) in [5.41, 5.74) is 12.4. The van der Waals surface area contributed by atoms with Crippen molar-refractivity contribution in [1.29, 1.82) is 0 Å².